The smallest absolute Gasteiger partial charge is 0.305 e. The minimum atomic E-state index is -0.854. The molecule has 0 aromatic heterocycles. The molecule has 0 radical (unpaired) electrons. The molecule has 0 aliphatic heterocycles. The molecule has 0 aromatic rings. The van der Waals surface area contributed by atoms with E-state index in [1.807, 2.05) is 6.08 Å². The monoisotopic (exact) mass is 898 g/mol. The summed E-state index contributed by atoms with van der Waals surface area (Å²) in [5.74, 6) is -0.100. The van der Waals surface area contributed by atoms with Crippen molar-refractivity contribution in [3.8, 4) is 0 Å². The molecule has 0 saturated heterocycles. The van der Waals surface area contributed by atoms with E-state index in [1.54, 1.807) is 6.08 Å². The van der Waals surface area contributed by atoms with Gasteiger partial charge in [-0.3, -0.25) is 9.59 Å². The van der Waals surface area contributed by atoms with Crippen LogP contribution in [0.15, 0.2) is 48.6 Å². The van der Waals surface area contributed by atoms with Gasteiger partial charge in [0.1, 0.15) is 0 Å². The summed E-state index contributed by atoms with van der Waals surface area (Å²) in [4.78, 5) is 24.5. The SMILES string of the molecule is CCCCC/C=C\C/C=C\CCCCCCCCCCCC(=O)OCCCCCC/C=C\CCCCCCCCCC(=O)NC(CO)C(O)/C=C/CCCCCCCCCCCCC. The van der Waals surface area contributed by atoms with Crippen molar-refractivity contribution < 1.29 is 24.5 Å². The normalized spacial score (nSPS) is 13.0. The number of nitrogens with one attached hydrogen (secondary N) is 1. The molecule has 0 fully saturated rings. The number of hydrogen-bond donors (Lipinski definition) is 3. The van der Waals surface area contributed by atoms with Gasteiger partial charge in [-0.1, -0.05) is 229 Å². The number of aliphatic hydroxyl groups excluding tert-OH is 2. The predicted octanol–water partition coefficient (Wildman–Crippen LogP) is 17.0. The zero-order valence-corrected chi connectivity index (χ0v) is 42.5. The van der Waals surface area contributed by atoms with Gasteiger partial charge in [0.15, 0.2) is 0 Å². The maximum absolute atomic E-state index is 12.4. The van der Waals surface area contributed by atoms with Crippen LogP contribution in [0.4, 0.5) is 0 Å². The summed E-state index contributed by atoms with van der Waals surface area (Å²) in [6.07, 6.45) is 66.9. The molecule has 6 nitrogen and oxygen atoms in total. The predicted molar refractivity (Wildman–Crippen MR) is 278 cm³/mol. The molecule has 0 heterocycles. The minimum Gasteiger partial charge on any atom is -0.466 e. The summed E-state index contributed by atoms with van der Waals surface area (Å²) < 4.78 is 5.47. The molecule has 2 atom stereocenters. The number of esters is 1. The first-order valence-electron chi connectivity index (χ1n) is 27.9. The number of allylic oxidation sites excluding steroid dienone is 7. The van der Waals surface area contributed by atoms with Crippen LogP contribution in [0.1, 0.15) is 284 Å². The van der Waals surface area contributed by atoms with Gasteiger partial charge < -0.3 is 20.3 Å². The van der Waals surface area contributed by atoms with E-state index in [-0.39, 0.29) is 18.5 Å². The third-order valence-electron chi connectivity index (χ3n) is 12.6. The summed E-state index contributed by atoms with van der Waals surface area (Å²) in [6.45, 7) is 4.83. The summed E-state index contributed by atoms with van der Waals surface area (Å²) in [7, 11) is 0. The first-order chi connectivity index (χ1) is 31.5. The molecule has 0 spiro atoms. The van der Waals surface area contributed by atoms with E-state index in [1.165, 1.54) is 180 Å². The van der Waals surface area contributed by atoms with Gasteiger partial charge in [0.05, 0.1) is 25.4 Å². The first kappa shape index (κ1) is 61.8. The second-order valence-electron chi connectivity index (χ2n) is 18.9. The van der Waals surface area contributed by atoms with Gasteiger partial charge in [-0.2, -0.15) is 0 Å². The highest BCUT2D eigenvalue weighted by Gasteiger charge is 2.18. The molecule has 6 heteroatoms. The Morgan fingerprint density at radius 3 is 1.23 bits per heavy atom. The van der Waals surface area contributed by atoms with Crippen LogP contribution in [0.5, 0.6) is 0 Å². The Labute approximate surface area is 397 Å². The zero-order valence-electron chi connectivity index (χ0n) is 42.5. The van der Waals surface area contributed by atoms with Crippen molar-refractivity contribution in [1.82, 2.24) is 5.32 Å². The average Bonchev–Trinajstić information content (AvgIpc) is 3.29. The van der Waals surface area contributed by atoms with E-state index in [0.29, 0.717) is 19.4 Å². The molecule has 0 aliphatic rings. The molecule has 0 aromatic carbocycles. The molecule has 0 rings (SSSR count). The van der Waals surface area contributed by atoms with E-state index < -0.39 is 12.1 Å². The third-order valence-corrected chi connectivity index (χ3v) is 12.6. The Morgan fingerprint density at radius 2 is 0.781 bits per heavy atom. The van der Waals surface area contributed by atoms with Crippen LogP contribution in [0.3, 0.4) is 0 Å². The Hall–Kier alpha value is -2.18. The quantitative estimate of drug-likeness (QED) is 0.0321. The lowest BCUT2D eigenvalue weighted by Gasteiger charge is -2.20. The standard InChI is InChI=1S/C58H107NO5/c1-3-5-7-9-11-13-15-17-18-19-20-21-24-28-32-36-40-44-48-52-58(63)64-53-49-45-41-37-33-29-25-22-23-27-31-35-39-43-47-51-57(62)59-55(54-60)56(61)50-46-42-38-34-30-26-16-14-12-10-8-6-4-2/h11,13,17-18,25,29,46,50,55-56,60-61H,3-10,12,14-16,19-24,26-28,30-45,47-49,51-54H2,1-2H3,(H,59,62)/b13-11-,18-17-,29-25-,50-46+. The van der Waals surface area contributed by atoms with E-state index in [4.69, 9.17) is 4.74 Å². The van der Waals surface area contributed by atoms with Gasteiger partial charge in [-0.05, 0) is 89.9 Å². The molecular weight excluding hydrogens is 791 g/mol. The topological polar surface area (TPSA) is 95.9 Å². The van der Waals surface area contributed by atoms with Gasteiger partial charge in [-0.25, -0.2) is 0 Å². The number of amides is 1. The van der Waals surface area contributed by atoms with Crippen molar-refractivity contribution in [2.24, 2.45) is 0 Å². The molecule has 374 valence electrons. The Morgan fingerprint density at radius 1 is 0.438 bits per heavy atom. The minimum absolute atomic E-state index is 0.0157. The molecule has 0 bridgehead atoms. The molecular formula is C58H107NO5. The number of unbranched alkanes of at least 4 members (excludes halogenated alkanes) is 34. The number of carbonyl (C=O) groups excluding carboxylic acids is 2. The lowest BCUT2D eigenvalue weighted by atomic mass is 10.0. The average molecular weight is 898 g/mol. The molecule has 3 N–H and O–H groups in total. The van der Waals surface area contributed by atoms with Gasteiger partial charge in [0, 0.05) is 12.8 Å². The number of carbonyl (C=O) groups is 2. The molecule has 0 saturated carbocycles. The fraction of sp³-hybridized carbons (Fsp3) is 0.828. The van der Waals surface area contributed by atoms with Gasteiger partial charge in [0.25, 0.3) is 0 Å². The Bertz CT molecular complexity index is 1080. The van der Waals surface area contributed by atoms with E-state index in [2.05, 4.69) is 55.6 Å². The molecule has 64 heavy (non-hydrogen) atoms. The Balaban J connectivity index is 3.49. The highest BCUT2D eigenvalue weighted by Crippen LogP contribution is 2.15. The van der Waals surface area contributed by atoms with Crippen molar-refractivity contribution in [1.29, 1.82) is 0 Å². The summed E-state index contributed by atoms with van der Waals surface area (Å²) >= 11 is 0. The van der Waals surface area contributed by atoms with E-state index in [9.17, 15) is 19.8 Å². The highest BCUT2D eigenvalue weighted by molar-refractivity contribution is 5.76. The van der Waals surface area contributed by atoms with Gasteiger partial charge in [0.2, 0.25) is 5.91 Å². The molecule has 2 unspecified atom stereocenters. The highest BCUT2D eigenvalue weighted by atomic mass is 16.5. The van der Waals surface area contributed by atoms with Crippen LogP contribution < -0.4 is 5.32 Å². The molecule has 1 amide bonds. The summed E-state index contributed by atoms with van der Waals surface area (Å²) in [5, 5.41) is 23.0. The van der Waals surface area contributed by atoms with Crippen LogP contribution in [0.25, 0.3) is 0 Å². The Kier molecular flexibility index (Phi) is 51.6. The maximum atomic E-state index is 12.4. The zero-order chi connectivity index (χ0) is 46.5. The summed E-state index contributed by atoms with van der Waals surface area (Å²) in [5.41, 5.74) is 0. The molecule has 0 aliphatic carbocycles. The van der Waals surface area contributed by atoms with Crippen LogP contribution >= 0.6 is 0 Å². The second kappa shape index (κ2) is 53.4. The second-order valence-corrected chi connectivity index (χ2v) is 18.9. The largest absolute Gasteiger partial charge is 0.466 e. The maximum Gasteiger partial charge on any atom is 0.305 e. The van der Waals surface area contributed by atoms with Crippen molar-refractivity contribution in [3.05, 3.63) is 48.6 Å². The van der Waals surface area contributed by atoms with Crippen molar-refractivity contribution >= 4 is 11.9 Å². The number of hydrogen-bond acceptors (Lipinski definition) is 5. The van der Waals surface area contributed by atoms with Gasteiger partial charge in [-0.15, -0.1) is 0 Å². The lowest BCUT2D eigenvalue weighted by Crippen LogP contribution is -2.45. The number of rotatable bonds is 51. The fourth-order valence-corrected chi connectivity index (χ4v) is 8.25. The number of aliphatic hydroxyl groups is 2. The lowest BCUT2D eigenvalue weighted by molar-refractivity contribution is -0.143. The van der Waals surface area contributed by atoms with E-state index in [0.717, 1.165) is 77.0 Å². The van der Waals surface area contributed by atoms with E-state index >= 15 is 0 Å². The van der Waals surface area contributed by atoms with Crippen LogP contribution in [-0.2, 0) is 14.3 Å². The first-order valence-corrected chi connectivity index (χ1v) is 27.9. The van der Waals surface area contributed by atoms with Crippen LogP contribution in [-0.4, -0.2) is 47.4 Å². The van der Waals surface area contributed by atoms with Crippen LogP contribution in [0, 0.1) is 0 Å². The fourth-order valence-electron chi connectivity index (χ4n) is 8.25. The third kappa shape index (κ3) is 49.3. The van der Waals surface area contributed by atoms with Crippen LogP contribution in [0.2, 0.25) is 0 Å². The van der Waals surface area contributed by atoms with Crippen molar-refractivity contribution in [2.75, 3.05) is 13.2 Å². The summed E-state index contributed by atoms with van der Waals surface area (Å²) in [6, 6.07) is -0.639. The van der Waals surface area contributed by atoms with Crippen molar-refractivity contribution in [2.45, 2.75) is 296 Å². The van der Waals surface area contributed by atoms with Gasteiger partial charge >= 0.3 is 5.97 Å². The number of ether oxygens (including phenoxy) is 1. The van der Waals surface area contributed by atoms with Crippen molar-refractivity contribution in [3.63, 3.8) is 0 Å².